The zero-order valence-corrected chi connectivity index (χ0v) is 12.9. The van der Waals surface area contributed by atoms with E-state index in [-0.39, 0.29) is 5.54 Å². The molecule has 0 fully saturated rings. The number of benzene rings is 2. The monoisotopic (exact) mass is 284 g/mol. The van der Waals surface area contributed by atoms with E-state index in [1.807, 2.05) is 48.5 Å². The van der Waals surface area contributed by atoms with E-state index in [2.05, 4.69) is 25.2 Å². The molecule has 104 valence electrons. The van der Waals surface area contributed by atoms with Crippen LogP contribution in [0.2, 0.25) is 18.6 Å². The molecule has 0 aliphatic carbocycles. The summed E-state index contributed by atoms with van der Waals surface area (Å²) in [6.07, 6.45) is 0.601. The van der Waals surface area contributed by atoms with E-state index in [0.717, 1.165) is 5.56 Å². The Kier molecular flexibility index (Phi) is 4.40. The van der Waals surface area contributed by atoms with E-state index in [1.165, 1.54) is 5.19 Å². The first-order valence-electron chi connectivity index (χ1n) is 6.84. The summed E-state index contributed by atoms with van der Waals surface area (Å²) in [6, 6.07) is 20.0. The van der Waals surface area contributed by atoms with Crippen molar-refractivity contribution >= 4 is 19.2 Å². The van der Waals surface area contributed by atoms with E-state index in [4.69, 9.17) is 0 Å². The van der Waals surface area contributed by atoms with Crippen LogP contribution in [0.3, 0.4) is 0 Å². The van der Waals surface area contributed by atoms with E-state index in [1.54, 1.807) is 0 Å². The Labute approximate surface area is 121 Å². The third kappa shape index (κ3) is 3.17. The quantitative estimate of drug-likeness (QED) is 0.855. The molecule has 2 aromatic rings. The average Bonchev–Trinajstić information content (AvgIpc) is 2.46. The van der Waals surface area contributed by atoms with Gasteiger partial charge in [-0.05, 0) is 12.0 Å². The molecule has 2 nitrogen and oxygen atoms in total. The van der Waals surface area contributed by atoms with Crippen molar-refractivity contribution in [2.24, 2.45) is 0 Å². The number of carbonyl (C=O) groups is 1. The summed E-state index contributed by atoms with van der Waals surface area (Å²) in [5.41, 5.74) is 0.781. The Balaban J connectivity index is 2.31. The molecule has 0 amide bonds. The first-order valence-corrected chi connectivity index (χ1v) is 9.92. The highest BCUT2D eigenvalue weighted by Crippen LogP contribution is 2.26. The van der Waals surface area contributed by atoms with E-state index >= 15 is 0 Å². The molecule has 0 spiro atoms. The van der Waals surface area contributed by atoms with Crippen LogP contribution in [0, 0.1) is 0 Å². The van der Waals surface area contributed by atoms with Crippen molar-refractivity contribution < 1.29 is 9.90 Å². The predicted octanol–water partition coefficient (Wildman–Crippen LogP) is 3.30. The maximum atomic E-state index is 11.8. The zero-order valence-electron chi connectivity index (χ0n) is 11.9. The molecule has 0 aliphatic rings. The van der Waals surface area contributed by atoms with Crippen molar-refractivity contribution in [3.8, 4) is 0 Å². The van der Waals surface area contributed by atoms with Gasteiger partial charge in [-0.15, -0.1) is 0 Å². The Morgan fingerprint density at radius 1 is 1.00 bits per heavy atom. The van der Waals surface area contributed by atoms with Gasteiger partial charge in [0, 0.05) is 0 Å². The highest BCUT2D eigenvalue weighted by atomic mass is 28.3. The maximum Gasteiger partial charge on any atom is 0.304 e. The fourth-order valence-electron chi connectivity index (χ4n) is 2.57. The van der Waals surface area contributed by atoms with Crippen molar-refractivity contribution in [3.05, 3.63) is 66.2 Å². The van der Waals surface area contributed by atoms with Crippen LogP contribution >= 0.6 is 0 Å². The number of rotatable bonds is 5. The van der Waals surface area contributed by atoms with Crippen LogP contribution in [0.1, 0.15) is 5.56 Å². The van der Waals surface area contributed by atoms with Crippen LogP contribution in [0.25, 0.3) is 0 Å². The van der Waals surface area contributed by atoms with Crippen LogP contribution in [-0.2, 0) is 11.2 Å². The Bertz CT molecular complexity index is 564. The molecule has 0 aliphatic heterocycles. The second kappa shape index (κ2) is 6.05. The fraction of sp³-hybridized carbons (Fsp3) is 0.235. The van der Waals surface area contributed by atoms with Gasteiger partial charge in [0.1, 0.15) is 0 Å². The van der Waals surface area contributed by atoms with Gasteiger partial charge in [0.25, 0.3) is 0 Å². The molecule has 3 heteroatoms. The molecular formula is C17H20O2Si. The summed E-state index contributed by atoms with van der Waals surface area (Å²) >= 11 is 0. The molecule has 1 N–H and O–H groups in total. The van der Waals surface area contributed by atoms with E-state index in [0.29, 0.717) is 6.42 Å². The van der Waals surface area contributed by atoms with Gasteiger partial charge in [-0.3, -0.25) is 4.79 Å². The maximum absolute atomic E-state index is 11.8. The van der Waals surface area contributed by atoms with Crippen LogP contribution in [-0.4, -0.2) is 19.1 Å². The fourth-order valence-corrected chi connectivity index (χ4v) is 5.39. The van der Waals surface area contributed by atoms with Crippen molar-refractivity contribution in [3.63, 3.8) is 0 Å². The number of hydrogen-bond acceptors (Lipinski definition) is 1. The third-order valence-corrected chi connectivity index (χ3v) is 7.98. The lowest BCUT2D eigenvalue weighted by atomic mass is 10.1. The lowest BCUT2D eigenvalue weighted by Crippen LogP contribution is -2.49. The summed E-state index contributed by atoms with van der Waals surface area (Å²) in [5.74, 6) is -0.686. The number of carboxylic acid groups (broad SMARTS) is 1. The second-order valence-corrected chi connectivity index (χ2v) is 10.4. The second-order valence-electron chi connectivity index (χ2n) is 5.67. The van der Waals surface area contributed by atoms with Gasteiger partial charge in [-0.25, -0.2) is 0 Å². The van der Waals surface area contributed by atoms with Crippen molar-refractivity contribution in [1.82, 2.24) is 0 Å². The summed E-state index contributed by atoms with van der Waals surface area (Å²) in [4.78, 5) is 11.8. The summed E-state index contributed by atoms with van der Waals surface area (Å²) in [5, 5.41) is 10.9. The molecule has 0 saturated heterocycles. The molecule has 2 aromatic carbocycles. The highest BCUT2D eigenvalue weighted by molar-refractivity contribution is 6.93. The highest BCUT2D eigenvalue weighted by Gasteiger charge is 2.38. The number of carboxylic acids is 1. The van der Waals surface area contributed by atoms with Gasteiger partial charge in [-0.2, -0.15) is 0 Å². The van der Waals surface area contributed by atoms with Gasteiger partial charge < -0.3 is 5.11 Å². The normalized spacial score (nSPS) is 12.9. The molecule has 0 bridgehead atoms. The molecule has 0 aromatic heterocycles. The Hall–Kier alpha value is -1.87. The third-order valence-electron chi connectivity index (χ3n) is 3.97. The SMILES string of the molecule is C[Si](C)(c1ccccc1)C(Cc1ccccc1)C(=O)O. The van der Waals surface area contributed by atoms with Gasteiger partial charge in [0.2, 0.25) is 0 Å². The molecule has 1 atom stereocenters. The summed E-state index contributed by atoms with van der Waals surface area (Å²) < 4.78 is 0. The van der Waals surface area contributed by atoms with Crippen LogP contribution in [0.5, 0.6) is 0 Å². The molecular weight excluding hydrogens is 264 g/mol. The van der Waals surface area contributed by atoms with Crippen molar-refractivity contribution in [1.29, 1.82) is 0 Å². The molecule has 1 unspecified atom stereocenters. The van der Waals surface area contributed by atoms with Crippen molar-refractivity contribution in [2.45, 2.75) is 25.1 Å². The van der Waals surface area contributed by atoms with Crippen LogP contribution < -0.4 is 5.19 Å². The first kappa shape index (κ1) is 14.5. The summed E-state index contributed by atoms with van der Waals surface area (Å²) in [6.45, 7) is 4.29. The molecule has 0 radical (unpaired) electrons. The van der Waals surface area contributed by atoms with Gasteiger partial charge in [0.05, 0.1) is 13.6 Å². The topological polar surface area (TPSA) is 37.3 Å². The lowest BCUT2D eigenvalue weighted by Gasteiger charge is -2.30. The number of hydrogen-bond donors (Lipinski definition) is 1. The largest absolute Gasteiger partial charge is 0.481 e. The predicted molar refractivity (Wildman–Crippen MR) is 85.1 cm³/mol. The van der Waals surface area contributed by atoms with Crippen LogP contribution in [0.4, 0.5) is 0 Å². The summed E-state index contributed by atoms with van der Waals surface area (Å²) in [7, 11) is -2.05. The minimum atomic E-state index is -2.05. The van der Waals surface area contributed by atoms with Crippen molar-refractivity contribution in [2.75, 3.05) is 0 Å². The van der Waals surface area contributed by atoms with E-state index < -0.39 is 14.0 Å². The van der Waals surface area contributed by atoms with Gasteiger partial charge in [0.15, 0.2) is 0 Å². The molecule has 2 rings (SSSR count). The Morgan fingerprint density at radius 3 is 2.00 bits per heavy atom. The van der Waals surface area contributed by atoms with Gasteiger partial charge in [-0.1, -0.05) is 78.9 Å². The van der Waals surface area contributed by atoms with Crippen LogP contribution in [0.15, 0.2) is 60.7 Å². The lowest BCUT2D eigenvalue weighted by molar-refractivity contribution is -0.137. The van der Waals surface area contributed by atoms with E-state index in [9.17, 15) is 9.90 Å². The molecule has 0 heterocycles. The van der Waals surface area contributed by atoms with Gasteiger partial charge >= 0.3 is 5.97 Å². The average molecular weight is 284 g/mol. The zero-order chi connectivity index (χ0) is 14.6. The number of aliphatic carboxylic acids is 1. The minimum Gasteiger partial charge on any atom is -0.481 e. The molecule has 0 saturated carbocycles. The standard InChI is InChI=1S/C17H20O2Si/c1-20(2,15-11-7-4-8-12-15)16(17(18)19)13-14-9-5-3-6-10-14/h3-12,16H,13H2,1-2H3,(H,18,19). The molecule has 20 heavy (non-hydrogen) atoms. The Morgan fingerprint density at radius 2 is 1.50 bits per heavy atom. The minimum absolute atomic E-state index is 0.313. The smallest absolute Gasteiger partial charge is 0.304 e. The first-order chi connectivity index (χ1) is 9.51.